The van der Waals surface area contributed by atoms with Gasteiger partial charge in [0.15, 0.2) is 0 Å². The van der Waals surface area contributed by atoms with E-state index in [2.05, 4.69) is 19.2 Å². The van der Waals surface area contributed by atoms with Gasteiger partial charge in [-0.25, -0.2) is 4.79 Å². The number of piperidine rings is 1. The van der Waals surface area contributed by atoms with Gasteiger partial charge in [-0.3, -0.25) is 4.79 Å². The Morgan fingerprint density at radius 2 is 1.92 bits per heavy atom. The summed E-state index contributed by atoms with van der Waals surface area (Å²) in [6.07, 6.45) is 0.620. The standard InChI is InChI=1S/C18H25ClN2O3/c1-12-8-13(16(22)23)10-21(9-12)17(24)20-11-18(2,3)14-4-6-15(19)7-5-14/h4-7,12-13H,8-11H2,1-3H3,(H,20,24)(H,22,23). The van der Waals surface area contributed by atoms with Crippen LogP contribution >= 0.6 is 11.6 Å². The van der Waals surface area contributed by atoms with Crippen LogP contribution in [0.3, 0.4) is 0 Å². The van der Waals surface area contributed by atoms with Crippen molar-refractivity contribution in [1.82, 2.24) is 10.2 Å². The second-order valence-corrected chi connectivity index (χ2v) is 7.77. The van der Waals surface area contributed by atoms with Gasteiger partial charge in [-0.15, -0.1) is 0 Å². The first-order chi connectivity index (χ1) is 11.2. The number of carboxylic acids is 1. The molecular weight excluding hydrogens is 328 g/mol. The SMILES string of the molecule is CC1CC(C(=O)O)CN(C(=O)NCC(C)(C)c2ccc(Cl)cc2)C1. The zero-order valence-electron chi connectivity index (χ0n) is 14.4. The first-order valence-corrected chi connectivity index (χ1v) is 8.58. The van der Waals surface area contributed by atoms with E-state index in [0.717, 1.165) is 5.56 Å². The molecule has 1 heterocycles. The lowest BCUT2D eigenvalue weighted by molar-refractivity contribution is -0.143. The van der Waals surface area contributed by atoms with E-state index in [0.29, 0.717) is 24.5 Å². The summed E-state index contributed by atoms with van der Waals surface area (Å²) < 4.78 is 0. The molecule has 1 fully saturated rings. The quantitative estimate of drug-likeness (QED) is 0.872. The number of benzene rings is 1. The van der Waals surface area contributed by atoms with Crippen LogP contribution in [-0.2, 0) is 10.2 Å². The van der Waals surface area contributed by atoms with Crippen LogP contribution in [0.25, 0.3) is 0 Å². The summed E-state index contributed by atoms with van der Waals surface area (Å²) in [4.78, 5) is 25.3. The Balaban J connectivity index is 1.96. The Labute approximate surface area is 148 Å². The lowest BCUT2D eigenvalue weighted by atomic mass is 9.84. The van der Waals surface area contributed by atoms with E-state index in [9.17, 15) is 14.7 Å². The van der Waals surface area contributed by atoms with E-state index in [-0.39, 0.29) is 23.9 Å². The number of amides is 2. The molecule has 2 N–H and O–H groups in total. The van der Waals surface area contributed by atoms with Crippen LogP contribution in [-0.4, -0.2) is 41.6 Å². The van der Waals surface area contributed by atoms with Crippen LogP contribution in [0.4, 0.5) is 4.79 Å². The number of carbonyl (C=O) groups is 2. The summed E-state index contributed by atoms with van der Waals surface area (Å²) in [5, 5.41) is 12.8. The molecule has 1 saturated heterocycles. The monoisotopic (exact) mass is 352 g/mol. The number of nitrogens with zero attached hydrogens (tertiary/aromatic N) is 1. The van der Waals surface area contributed by atoms with Crippen LogP contribution in [0.5, 0.6) is 0 Å². The Morgan fingerprint density at radius 1 is 1.29 bits per heavy atom. The molecule has 24 heavy (non-hydrogen) atoms. The van der Waals surface area contributed by atoms with Crippen molar-refractivity contribution in [3.8, 4) is 0 Å². The molecule has 0 bridgehead atoms. The molecule has 0 spiro atoms. The van der Waals surface area contributed by atoms with Gasteiger partial charge in [-0.1, -0.05) is 44.5 Å². The van der Waals surface area contributed by atoms with Gasteiger partial charge in [-0.05, 0) is 30.0 Å². The predicted molar refractivity (Wildman–Crippen MR) is 94.4 cm³/mol. The van der Waals surface area contributed by atoms with Gasteiger partial charge >= 0.3 is 12.0 Å². The van der Waals surface area contributed by atoms with Crippen LogP contribution in [0.2, 0.25) is 5.02 Å². The minimum absolute atomic E-state index is 0.190. The summed E-state index contributed by atoms with van der Waals surface area (Å²) in [6, 6.07) is 7.39. The Morgan fingerprint density at radius 3 is 2.50 bits per heavy atom. The molecule has 0 aliphatic carbocycles. The van der Waals surface area contributed by atoms with Crippen molar-refractivity contribution in [3.63, 3.8) is 0 Å². The molecule has 0 saturated carbocycles. The fraction of sp³-hybridized carbons (Fsp3) is 0.556. The molecule has 5 nitrogen and oxygen atoms in total. The van der Waals surface area contributed by atoms with Crippen molar-refractivity contribution in [2.75, 3.05) is 19.6 Å². The topological polar surface area (TPSA) is 69.6 Å². The zero-order chi connectivity index (χ0) is 17.9. The molecule has 1 aromatic carbocycles. The fourth-order valence-corrected chi connectivity index (χ4v) is 3.23. The molecule has 0 aromatic heterocycles. The Hall–Kier alpha value is -1.75. The molecule has 2 atom stereocenters. The highest BCUT2D eigenvalue weighted by Gasteiger charge is 2.32. The zero-order valence-corrected chi connectivity index (χ0v) is 15.1. The molecule has 1 aliphatic rings. The average Bonchev–Trinajstić information content (AvgIpc) is 2.52. The van der Waals surface area contributed by atoms with Crippen molar-refractivity contribution >= 4 is 23.6 Å². The summed E-state index contributed by atoms with van der Waals surface area (Å²) in [5.74, 6) is -1.13. The number of urea groups is 1. The number of carbonyl (C=O) groups excluding carboxylic acids is 1. The van der Waals surface area contributed by atoms with E-state index < -0.39 is 11.9 Å². The van der Waals surface area contributed by atoms with Gasteiger partial charge in [0, 0.05) is 30.1 Å². The maximum Gasteiger partial charge on any atom is 0.317 e. The van der Waals surface area contributed by atoms with Gasteiger partial charge in [0.1, 0.15) is 0 Å². The normalized spacial score (nSPS) is 21.4. The van der Waals surface area contributed by atoms with E-state index in [1.54, 1.807) is 4.90 Å². The smallest absolute Gasteiger partial charge is 0.317 e. The largest absolute Gasteiger partial charge is 0.481 e. The summed E-state index contributed by atoms with van der Waals surface area (Å²) in [6.45, 7) is 7.41. The summed E-state index contributed by atoms with van der Waals surface area (Å²) >= 11 is 5.92. The molecule has 1 aromatic rings. The Kier molecular flexibility index (Phi) is 5.75. The number of hydrogen-bond donors (Lipinski definition) is 2. The number of rotatable bonds is 4. The lowest BCUT2D eigenvalue weighted by Crippen LogP contribution is -2.51. The van der Waals surface area contributed by atoms with Gasteiger partial charge in [0.25, 0.3) is 0 Å². The summed E-state index contributed by atoms with van der Waals surface area (Å²) in [7, 11) is 0. The van der Waals surface area contributed by atoms with Crippen LogP contribution in [0.15, 0.2) is 24.3 Å². The van der Waals surface area contributed by atoms with Crippen molar-refractivity contribution in [2.24, 2.45) is 11.8 Å². The number of carboxylic acid groups (broad SMARTS) is 1. The van der Waals surface area contributed by atoms with Crippen molar-refractivity contribution in [1.29, 1.82) is 0 Å². The maximum absolute atomic E-state index is 12.4. The van der Waals surface area contributed by atoms with Crippen molar-refractivity contribution in [3.05, 3.63) is 34.9 Å². The molecular formula is C18H25ClN2O3. The Bertz CT molecular complexity index is 601. The van der Waals surface area contributed by atoms with E-state index >= 15 is 0 Å². The minimum atomic E-state index is -0.833. The average molecular weight is 353 g/mol. The van der Waals surface area contributed by atoms with E-state index in [1.807, 2.05) is 31.2 Å². The van der Waals surface area contributed by atoms with Gasteiger partial charge in [0.05, 0.1) is 5.92 Å². The second-order valence-electron chi connectivity index (χ2n) is 7.33. The highest BCUT2D eigenvalue weighted by Crippen LogP contribution is 2.25. The number of halogens is 1. The highest BCUT2D eigenvalue weighted by molar-refractivity contribution is 6.30. The number of likely N-dealkylation sites (tertiary alicyclic amines) is 1. The molecule has 2 rings (SSSR count). The van der Waals surface area contributed by atoms with Crippen LogP contribution in [0.1, 0.15) is 32.8 Å². The highest BCUT2D eigenvalue weighted by atomic mass is 35.5. The number of nitrogens with one attached hydrogen (secondary N) is 1. The van der Waals surface area contributed by atoms with Gasteiger partial charge in [-0.2, -0.15) is 0 Å². The van der Waals surface area contributed by atoms with Crippen LogP contribution in [0, 0.1) is 11.8 Å². The first kappa shape index (κ1) is 18.6. The third kappa shape index (κ3) is 4.63. The molecule has 2 amide bonds. The number of aliphatic carboxylic acids is 1. The molecule has 132 valence electrons. The van der Waals surface area contributed by atoms with Crippen molar-refractivity contribution < 1.29 is 14.7 Å². The predicted octanol–water partition coefficient (Wildman–Crippen LogP) is 3.37. The van der Waals surface area contributed by atoms with Crippen molar-refractivity contribution in [2.45, 2.75) is 32.6 Å². The van der Waals surface area contributed by atoms with Gasteiger partial charge < -0.3 is 15.3 Å². The van der Waals surface area contributed by atoms with Gasteiger partial charge in [0.2, 0.25) is 0 Å². The third-order valence-corrected chi connectivity index (χ3v) is 4.86. The maximum atomic E-state index is 12.4. The fourth-order valence-electron chi connectivity index (χ4n) is 3.11. The molecule has 1 aliphatic heterocycles. The molecule has 2 unspecified atom stereocenters. The molecule has 6 heteroatoms. The minimum Gasteiger partial charge on any atom is -0.481 e. The van der Waals surface area contributed by atoms with E-state index in [4.69, 9.17) is 11.6 Å². The van der Waals surface area contributed by atoms with Crippen LogP contribution < -0.4 is 5.32 Å². The summed E-state index contributed by atoms with van der Waals surface area (Å²) in [5.41, 5.74) is 0.844. The second kappa shape index (κ2) is 7.43. The van der Waals surface area contributed by atoms with E-state index in [1.165, 1.54) is 0 Å². The first-order valence-electron chi connectivity index (χ1n) is 8.20. The number of hydrogen-bond acceptors (Lipinski definition) is 2. The molecule has 0 radical (unpaired) electrons. The lowest BCUT2D eigenvalue weighted by Gasteiger charge is -2.35. The third-order valence-electron chi connectivity index (χ3n) is 4.60.